The van der Waals surface area contributed by atoms with E-state index in [0.29, 0.717) is 50.3 Å². The lowest BCUT2D eigenvalue weighted by Crippen LogP contribution is -2.42. The summed E-state index contributed by atoms with van der Waals surface area (Å²) in [4.78, 5) is 15.9. The Morgan fingerprint density at radius 1 is 1.13 bits per heavy atom. The van der Waals surface area contributed by atoms with Gasteiger partial charge in [0.25, 0.3) is 11.8 Å². The number of aromatic nitrogens is 4. The SMILES string of the molecule is COc1ccccc1-c1nnc(-c2cc(C(F)(F)F)nn2C2CCN(CCN(C)C(=O)OC(C)(C)C)CC2)o1. The van der Waals surface area contributed by atoms with Gasteiger partial charge in [0, 0.05) is 39.3 Å². The van der Waals surface area contributed by atoms with Gasteiger partial charge in [-0.15, -0.1) is 10.2 Å². The number of carbonyl (C=O) groups excluding carboxylic acids is 1. The normalized spacial score (nSPS) is 15.4. The van der Waals surface area contributed by atoms with Crippen LogP contribution in [0.25, 0.3) is 23.0 Å². The number of piperidine rings is 1. The largest absolute Gasteiger partial charge is 0.496 e. The van der Waals surface area contributed by atoms with Crippen LogP contribution in [0.2, 0.25) is 0 Å². The van der Waals surface area contributed by atoms with Gasteiger partial charge in [0.05, 0.1) is 18.7 Å². The van der Waals surface area contributed by atoms with Gasteiger partial charge >= 0.3 is 12.3 Å². The van der Waals surface area contributed by atoms with E-state index >= 15 is 0 Å². The molecule has 10 nitrogen and oxygen atoms in total. The second-order valence-electron chi connectivity index (χ2n) is 10.4. The third-order valence-electron chi connectivity index (χ3n) is 6.37. The van der Waals surface area contributed by atoms with Crippen molar-refractivity contribution in [2.24, 2.45) is 0 Å². The number of carbonyl (C=O) groups is 1. The number of likely N-dealkylation sites (tertiary alicyclic amines) is 1. The van der Waals surface area contributed by atoms with Crippen molar-refractivity contribution in [1.82, 2.24) is 29.8 Å². The lowest BCUT2D eigenvalue weighted by Gasteiger charge is -2.33. The van der Waals surface area contributed by atoms with E-state index in [1.807, 2.05) is 20.8 Å². The maximum Gasteiger partial charge on any atom is 0.435 e. The van der Waals surface area contributed by atoms with Gasteiger partial charge in [0.1, 0.15) is 17.0 Å². The molecule has 1 fully saturated rings. The number of nitrogens with zero attached hydrogens (tertiary/aromatic N) is 6. The first-order valence-corrected chi connectivity index (χ1v) is 12.7. The predicted octanol–water partition coefficient (Wildman–Crippen LogP) is 5.13. The molecular formula is C26H33F3N6O4. The van der Waals surface area contributed by atoms with Gasteiger partial charge in [-0.25, -0.2) is 4.79 Å². The molecule has 1 amide bonds. The maximum absolute atomic E-state index is 13.6. The zero-order valence-corrected chi connectivity index (χ0v) is 22.7. The molecule has 39 heavy (non-hydrogen) atoms. The van der Waals surface area contributed by atoms with Crippen LogP contribution in [0.15, 0.2) is 34.7 Å². The highest BCUT2D eigenvalue weighted by atomic mass is 19.4. The molecule has 0 unspecified atom stereocenters. The Bertz CT molecular complexity index is 1280. The molecule has 3 aromatic rings. The van der Waals surface area contributed by atoms with Crippen molar-refractivity contribution in [1.29, 1.82) is 0 Å². The first-order chi connectivity index (χ1) is 18.4. The van der Waals surface area contributed by atoms with Gasteiger partial charge in [0.15, 0.2) is 5.69 Å². The molecule has 1 aliphatic rings. The molecule has 3 heterocycles. The van der Waals surface area contributed by atoms with E-state index < -0.39 is 23.6 Å². The minimum Gasteiger partial charge on any atom is -0.496 e. The van der Waals surface area contributed by atoms with Crippen LogP contribution in [0.4, 0.5) is 18.0 Å². The predicted molar refractivity (Wildman–Crippen MR) is 136 cm³/mol. The van der Waals surface area contributed by atoms with Gasteiger partial charge in [-0.1, -0.05) is 12.1 Å². The molecule has 212 valence electrons. The van der Waals surface area contributed by atoms with E-state index in [0.717, 1.165) is 6.07 Å². The summed E-state index contributed by atoms with van der Waals surface area (Å²) in [5.41, 5.74) is -0.951. The number of benzene rings is 1. The smallest absolute Gasteiger partial charge is 0.435 e. The summed E-state index contributed by atoms with van der Waals surface area (Å²) >= 11 is 0. The summed E-state index contributed by atoms with van der Waals surface area (Å²) in [6.07, 6.45) is -3.89. The number of ether oxygens (including phenoxy) is 2. The highest BCUT2D eigenvalue weighted by Gasteiger charge is 2.37. The molecule has 0 radical (unpaired) electrons. The number of halogens is 3. The second-order valence-corrected chi connectivity index (χ2v) is 10.4. The summed E-state index contributed by atoms with van der Waals surface area (Å²) in [6.45, 7) is 7.78. The molecule has 1 aromatic carbocycles. The standard InChI is InChI=1S/C26H33F3N6O4/c1-25(2,3)39-24(36)33(4)14-15-34-12-10-17(11-13-34)35-19(16-21(32-35)26(27,28)29)23-31-30-22(38-23)18-8-6-7-9-20(18)37-5/h6-9,16-17H,10-15H2,1-5H3. The maximum atomic E-state index is 13.6. The van der Waals surface area contributed by atoms with Crippen molar-refractivity contribution in [2.45, 2.75) is 51.4 Å². The van der Waals surface area contributed by atoms with E-state index in [1.54, 1.807) is 31.3 Å². The summed E-state index contributed by atoms with van der Waals surface area (Å²) in [6, 6.07) is 7.66. The molecular weight excluding hydrogens is 517 g/mol. The van der Waals surface area contributed by atoms with Crippen LogP contribution in [-0.4, -0.2) is 81.8 Å². The lowest BCUT2D eigenvalue weighted by atomic mass is 10.0. The van der Waals surface area contributed by atoms with Crippen molar-refractivity contribution in [2.75, 3.05) is 40.3 Å². The zero-order chi connectivity index (χ0) is 28.4. The Labute approximate surface area is 224 Å². The summed E-state index contributed by atoms with van der Waals surface area (Å²) in [5, 5.41) is 12.0. The summed E-state index contributed by atoms with van der Waals surface area (Å²) in [5.74, 6) is 0.579. The highest BCUT2D eigenvalue weighted by Crippen LogP contribution is 2.36. The van der Waals surface area contributed by atoms with Crippen LogP contribution in [0.1, 0.15) is 45.3 Å². The number of rotatable bonds is 7. The molecule has 13 heteroatoms. The zero-order valence-electron chi connectivity index (χ0n) is 22.7. The molecule has 0 spiro atoms. The van der Waals surface area contributed by atoms with E-state index in [4.69, 9.17) is 13.9 Å². The van der Waals surface area contributed by atoms with Crippen LogP contribution >= 0.6 is 0 Å². The lowest BCUT2D eigenvalue weighted by molar-refractivity contribution is -0.141. The Kier molecular flexibility index (Phi) is 8.19. The van der Waals surface area contributed by atoms with Gasteiger partial charge in [-0.2, -0.15) is 18.3 Å². The summed E-state index contributed by atoms with van der Waals surface area (Å²) in [7, 11) is 3.18. The molecule has 1 saturated heterocycles. The fourth-order valence-electron chi connectivity index (χ4n) is 4.34. The van der Waals surface area contributed by atoms with Crippen LogP contribution < -0.4 is 4.74 Å². The number of para-hydroxylation sites is 1. The van der Waals surface area contributed by atoms with Crippen LogP contribution in [0, 0.1) is 0 Å². The molecule has 0 bridgehead atoms. The Balaban J connectivity index is 1.48. The molecule has 0 saturated carbocycles. The van der Waals surface area contributed by atoms with Crippen LogP contribution in [0.5, 0.6) is 5.75 Å². The molecule has 4 rings (SSSR count). The minimum absolute atomic E-state index is 0.0553. The third-order valence-corrected chi connectivity index (χ3v) is 6.37. The fourth-order valence-corrected chi connectivity index (χ4v) is 4.34. The first-order valence-electron chi connectivity index (χ1n) is 12.7. The topological polar surface area (TPSA) is 98.8 Å². The van der Waals surface area contributed by atoms with Crippen molar-refractivity contribution >= 4 is 6.09 Å². The van der Waals surface area contributed by atoms with Crippen molar-refractivity contribution in [3.8, 4) is 28.8 Å². The molecule has 1 aliphatic heterocycles. The number of alkyl halides is 3. The Morgan fingerprint density at radius 3 is 2.44 bits per heavy atom. The number of hydrogen-bond donors (Lipinski definition) is 0. The monoisotopic (exact) mass is 550 g/mol. The summed E-state index contributed by atoms with van der Waals surface area (Å²) < 4.78 is 58.8. The quantitative estimate of drug-likeness (QED) is 0.399. The number of methoxy groups -OCH3 is 1. The Morgan fingerprint density at radius 2 is 1.79 bits per heavy atom. The fraction of sp³-hybridized carbons (Fsp3) is 0.538. The Hall–Kier alpha value is -3.61. The molecule has 0 aliphatic carbocycles. The molecule has 2 aromatic heterocycles. The van der Waals surface area contributed by atoms with Gasteiger partial charge in [-0.05, 0) is 45.7 Å². The van der Waals surface area contributed by atoms with E-state index in [2.05, 4.69) is 20.2 Å². The van der Waals surface area contributed by atoms with Crippen molar-refractivity contribution in [3.63, 3.8) is 0 Å². The van der Waals surface area contributed by atoms with Crippen molar-refractivity contribution in [3.05, 3.63) is 36.0 Å². The van der Waals surface area contributed by atoms with Crippen LogP contribution in [0.3, 0.4) is 0 Å². The van der Waals surface area contributed by atoms with Crippen LogP contribution in [-0.2, 0) is 10.9 Å². The van der Waals surface area contributed by atoms with E-state index in [-0.39, 0.29) is 23.5 Å². The minimum atomic E-state index is -4.63. The number of amides is 1. The average molecular weight is 551 g/mol. The van der Waals surface area contributed by atoms with Crippen molar-refractivity contribution < 1.29 is 31.9 Å². The van der Waals surface area contributed by atoms with E-state index in [1.165, 1.54) is 16.7 Å². The highest BCUT2D eigenvalue weighted by molar-refractivity contribution is 5.67. The van der Waals surface area contributed by atoms with E-state index in [9.17, 15) is 18.0 Å². The second kappa shape index (κ2) is 11.2. The van der Waals surface area contributed by atoms with Gasteiger partial charge < -0.3 is 23.7 Å². The molecule has 0 N–H and O–H groups in total. The van der Waals surface area contributed by atoms with Gasteiger partial charge in [0.2, 0.25) is 0 Å². The average Bonchev–Trinajstić information content (AvgIpc) is 3.54. The number of likely N-dealkylation sites (N-methyl/N-ethyl adjacent to an activating group) is 1. The third kappa shape index (κ3) is 6.88. The first kappa shape index (κ1) is 28.4. The van der Waals surface area contributed by atoms with Gasteiger partial charge in [-0.3, -0.25) is 4.68 Å². The molecule has 0 atom stereocenters. The number of hydrogen-bond acceptors (Lipinski definition) is 8.